The SMILES string of the molecule is O=C(Nc1ccc(Cl)cc1)c1cnn2c1NC(c1ccccc1)CC2C(F)(F)F. The molecule has 2 aromatic carbocycles. The number of benzene rings is 2. The molecule has 0 bridgehead atoms. The van der Waals surface area contributed by atoms with Crippen LogP contribution in [0.3, 0.4) is 0 Å². The summed E-state index contributed by atoms with van der Waals surface area (Å²) >= 11 is 5.83. The molecule has 0 saturated carbocycles. The van der Waals surface area contributed by atoms with Crippen LogP contribution >= 0.6 is 11.6 Å². The Kier molecular flexibility index (Phi) is 4.96. The van der Waals surface area contributed by atoms with Crippen LogP contribution < -0.4 is 10.6 Å². The fourth-order valence-corrected chi connectivity index (χ4v) is 3.49. The molecule has 0 saturated heterocycles. The van der Waals surface area contributed by atoms with Crippen LogP contribution in [0.4, 0.5) is 24.7 Å². The molecule has 29 heavy (non-hydrogen) atoms. The third-order valence-corrected chi connectivity index (χ3v) is 5.04. The van der Waals surface area contributed by atoms with Crippen molar-refractivity contribution in [3.63, 3.8) is 0 Å². The van der Waals surface area contributed by atoms with Crippen molar-refractivity contribution in [2.45, 2.75) is 24.7 Å². The van der Waals surface area contributed by atoms with Gasteiger partial charge in [-0.15, -0.1) is 0 Å². The number of rotatable bonds is 3. The number of carbonyl (C=O) groups excluding carboxylic acids is 1. The van der Waals surface area contributed by atoms with E-state index in [1.54, 1.807) is 54.6 Å². The molecule has 1 aliphatic rings. The van der Waals surface area contributed by atoms with Crippen molar-refractivity contribution in [2.24, 2.45) is 0 Å². The van der Waals surface area contributed by atoms with Crippen LogP contribution in [0, 0.1) is 0 Å². The lowest BCUT2D eigenvalue weighted by atomic mass is 9.96. The molecule has 0 radical (unpaired) electrons. The van der Waals surface area contributed by atoms with Crippen LogP contribution in [-0.4, -0.2) is 21.9 Å². The summed E-state index contributed by atoms with van der Waals surface area (Å²) in [6.07, 6.45) is -3.57. The van der Waals surface area contributed by atoms with Crippen molar-refractivity contribution in [3.8, 4) is 0 Å². The topological polar surface area (TPSA) is 59.0 Å². The number of hydrogen-bond donors (Lipinski definition) is 2. The summed E-state index contributed by atoms with van der Waals surface area (Å²) in [6, 6.07) is 12.8. The first kappa shape index (κ1) is 19.3. The number of halogens is 4. The quantitative estimate of drug-likeness (QED) is 0.592. The van der Waals surface area contributed by atoms with E-state index in [0.717, 1.165) is 10.9 Å². The average Bonchev–Trinajstić information content (AvgIpc) is 3.13. The van der Waals surface area contributed by atoms with E-state index in [1.165, 1.54) is 0 Å². The molecule has 150 valence electrons. The van der Waals surface area contributed by atoms with E-state index in [4.69, 9.17) is 11.6 Å². The third kappa shape index (κ3) is 3.93. The number of aromatic nitrogens is 2. The Morgan fingerprint density at radius 1 is 1.14 bits per heavy atom. The summed E-state index contributed by atoms with van der Waals surface area (Å²) in [6.45, 7) is 0. The smallest absolute Gasteiger partial charge is 0.363 e. The normalized spacial score (nSPS) is 18.6. The number of carbonyl (C=O) groups is 1. The first-order chi connectivity index (χ1) is 13.8. The number of nitrogens with zero attached hydrogens (tertiary/aromatic N) is 2. The first-order valence-electron chi connectivity index (χ1n) is 8.85. The fourth-order valence-electron chi connectivity index (χ4n) is 3.36. The molecule has 5 nitrogen and oxygen atoms in total. The van der Waals surface area contributed by atoms with Crippen molar-refractivity contribution in [1.82, 2.24) is 9.78 Å². The monoisotopic (exact) mass is 420 g/mol. The van der Waals surface area contributed by atoms with Gasteiger partial charge in [0.15, 0.2) is 6.04 Å². The second-order valence-electron chi connectivity index (χ2n) is 6.71. The van der Waals surface area contributed by atoms with Gasteiger partial charge in [0.25, 0.3) is 5.91 Å². The predicted molar refractivity (Wildman–Crippen MR) is 104 cm³/mol. The highest BCUT2D eigenvalue weighted by Crippen LogP contribution is 2.44. The number of fused-ring (bicyclic) bond motifs is 1. The lowest BCUT2D eigenvalue weighted by Gasteiger charge is -2.34. The van der Waals surface area contributed by atoms with E-state index in [1.807, 2.05) is 0 Å². The second-order valence-corrected chi connectivity index (χ2v) is 7.15. The number of alkyl halides is 3. The molecule has 1 aliphatic heterocycles. The van der Waals surface area contributed by atoms with Crippen LogP contribution in [0.15, 0.2) is 60.8 Å². The molecular formula is C20H16ClF3N4O. The fraction of sp³-hybridized carbons (Fsp3) is 0.200. The lowest BCUT2D eigenvalue weighted by molar-refractivity contribution is -0.173. The van der Waals surface area contributed by atoms with Gasteiger partial charge >= 0.3 is 6.18 Å². The zero-order valence-corrected chi connectivity index (χ0v) is 15.7. The summed E-state index contributed by atoms with van der Waals surface area (Å²) in [7, 11) is 0. The van der Waals surface area contributed by atoms with E-state index in [0.29, 0.717) is 16.3 Å². The largest absolute Gasteiger partial charge is 0.410 e. The van der Waals surface area contributed by atoms with E-state index in [9.17, 15) is 18.0 Å². The van der Waals surface area contributed by atoms with Gasteiger partial charge in [-0.1, -0.05) is 41.9 Å². The summed E-state index contributed by atoms with van der Waals surface area (Å²) < 4.78 is 42.0. The third-order valence-electron chi connectivity index (χ3n) is 4.79. The molecule has 2 heterocycles. The summed E-state index contributed by atoms with van der Waals surface area (Å²) in [4.78, 5) is 12.7. The number of anilines is 2. The molecule has 0 fully saturated rings. The van der Waals surface area contributed by atoms with Crippen LogP contribution in [0.25, 0.3) is 0 Å². The Hall–Kier alpha value is -3.00. The first-order valence-corrected chi connectivity index (χ1v) is 9.23. The Morgan fingerprint density at radius 2 is 1.83 bits per heavy atom. The van der Waals surface area contributed by atoms with Crippen LogP contribution in [0.1, 0.15) is 34.4 Å². The highest BCUT2D eigenvalue weighted by atomic mass is 35.5. The molecular weight excluding hydrogens is 405 g/mol. The van der Waals surface area contributed by atoms with Gasteiger partial charge < -0.3 is 10.6 Å². The van der Waals surface area contributed by atoms with Crippen molar-refractivity contribution in [3.05, 3.63) is 76.9 Å². The molecule has 4 rings (SSSR count). The minimum absolute atomic E-state index is 0.0369. The summed E-state index contributed by atoms with van der Waals surface area (Å²) in [5.74, 6) is -0.519. The zero-order valence-electron chi connectivity index (χ0n) is 14.9. The molecule has 2 unspecified atom stereocenters. The van der Waals surface area contributed by atoms with Gasteiger partial charge in [-0.3, -0.25) is 4.79 Å². The van der Waals surface area contributed by atoms with Gasteiger partial charge in [0.1, 0.15) is 11.4 Å². The van der Waals surface area contributed by atoms with Crippen molar-refractivity contribution >= 4 is 29.0 Å². The lowest BCUT2D eigenvalue weighted by Crippen LogP contribution is -2.36. The second kappa shape index (κ2) is 7.44. The van der Waals surface area contributed by atoms with Crippen molar-refractivity contribution < 1.29 is 18.0 Å². The molecule has 9 heteroatoms. The molecule has 1 aromatic heterocycles. The molecule has 0 aliphatic carbocycles. The van der Waals surface area contributed by atoms with Crippen molar-refractivity contribution in [2.75, 3.05) is 10.6 Å². The maximum Gasteiger partial charge on any atom is 0.410 e. The van der Waals surface area contributed by atoms with E-state index < -0.39 is 24.2 Å². The predicted octanol–water partition coefficient (Wildman–Crippen LogP) is 5.45. The summed E-state index contributed by atoms with van der Waals surface area (Å²) in [5.41, 5.74) is 1.22. The molecule has 3 aromatic rings. The van der Waals surface area contributed by atoms with Gasteiger partial charge in [-0.2, -0.15) is 18.3 Å². The zero-order chi connectivity index (χ0) is 20.6. The standard InChI is InChI=1S/C20H16ClF3N4O/c21-13-6-8-14(9-7-13)26-19(29)15-11-25-28-17(20(22,23)24)10-16(27-18(15)28)12-4-2-1-3-5-12/h1-9,11,16-17,27H,10H2,(H,26,29). The van der Waals surface area contributed by atoms with Gasteiger partial charge in [0, 0.05) is 17.1 Å². The van der Waals surface area contributed by atoms with Crippen LogP contribution in [0.2, 0.25) is 5.02 Å². The van der Waals surface area contributed by atoms with Gasteiger partial charge in [-0.25, -0.2) is 4.68 Å². The van der Waals surface area contributed by atoms with Gasteiger partial charge in [0.2, 0.25) is 0 Å². The Morgan fingerprint density at radius 3 is 2.48 bits per heavy atom. The minimum Gasteiger partial charge on any atom is -0.363 e. The minimum atomic E-state index is -4.50. The van der Waals surface area contributed by atoms with Crippen LogP contribution in [0.5, 0.6) is 0 Å². The number of nitrogens with one attached hydrogen (secondary N) is 2. The number of amides is 1. The van der Waals surface area contributed by atoms with Crippen molar-refractivity contribution in [1.29, 1.82) is 0 Å². The molecule has 1 amide bonds. The Bertz CT molecular complexity index is 1020. The number of hydrogen-bond acceptors (Lipinski definition) is 3. The Labute approximate surface area is 169 Å². The molecule has 0 spiro atoms. The highest BCUT2D eigenvalue weighted by molar-refractivity contribution is 6.30. The maximum absolute atomic E-state index is 13.7. The Balaban J connectivity index is 1.68. The van der Waals surface area contributed by atoms with E-state index in [-0.39, 0.29) is 17.8 Å². The average molecular weight is 421 g/mol. The van der Waals surface area contributed by atoms with Crippen LogP contribution in [-0.2, 0) is 0 Å². The highest BCUT2D eigenvalue weighted by Gasteiger charge is 2.47. The van der Waals surface area contributed by atoms with E-state index in [2.05, 4.69) is 15.7 Å². The molecule has 2 atom stereocenters. The molecule has 2 N–H and O–H groups in total. The summed E-state index contributed by atoms with van der Waals surface area (Å²) in [5, 5.41) is 10.1. The van der Waals surface area contributed by atoms with Gasteiger partial charge in [0.05, 0.1) is 12.2 Å². The van der Waals surface area contributed by atoms with E-state index >= 15 is 0 Å². The maximum atomic E-state index is 13.7. The van der Waals surface area contributed by atoms with Gasteiger partial charge in [-0.05, 0) is 29.8 Å².